The molecular formula is C45H85NO5. The monoisotopic (exact) mass is 720 g/mol. The highest BCUT2D eigenvalue weighted by molar-refractivity contribution is 5.80. The van der Waals surface area contributed by atoms with Crippen LogP contribution in [0.25, 0.3) is 0 Å². The van der Waals surface area contributed by atoms with Gasteiger partial charge in [-0.05, 0) is 70.6 Å². The number of amides is 1. The minimum Gasteiger partial charge on any atom is -0.394 e. The second kappa shape index (κ2) is 39.7. The Labute approximate surface area is 316 Å². The molecule has 0 bridgehead atoms. The van der Waals surface area contributed by atoms with Gasteiger partial charge in [0.05, 0.1) is 18.8 Å². The Kier molecular flexibility index (Phi) is 38.6. The highest BCUT2D eigenvalue weighted by atomic mass is 16.3. The first-order valence-corrected chi connectivity index (χ1v) is 21.9. The van der Waals surface area contributed by atoms with Crippen LogP contribution < -0.4 is 5.32 Å². The summed E-state index contributed by atoms with van der Waals surface area (Å²) in [5.74, 6) is -0.601. The molecule has 0 aromatic carbocycles. The highest BCUT2D eigenvalue weighted by Gasteiger charge is 2.28. The minimum atomic E-state index is -1.29. The number of hydrogen-bond donors (Lipinski definition) is 5. The number of carbonyl (C=O) groups excluding carboxylic acids is 1. The number of allylic oxidation sites excluding steroid dienone is 6. The Morgan fingerprint density at radius 1 is 0.471 bits per heavy atom. The third kappa shape index (κ3) is 34.1. The zero-order valence-corrected chi connectivity index (χ0v) is 33.6. The van der Waals surface area contributed by atoms with Crippen LogP contribution in [0.2, 0.25) is 0 Å². The molecule has 51 heavy (non-hydrogen) atoms. The topological polar surface area (TPSA) is 110 Å². The molecule has 4 unspecified atom stereocenters. The summed E-state index contributed by atoms with van der Waals surface area (Å²) in [6.45, 7) is 3.95. The summed E-state index contributed by atoms with van der Waals surface area (Å²) in [6, 6.07) is -1.01. The number of nitrogens with one attached hydrogen (secondary N) is 1. The van der Waals surface area contributed by atoms with E-state index in [0.717, 1.165) is 44.9 Å². The van der Waals surface area contributed by atoms with E-state index in [1.54, 1.807) is 0 Å². The molecule has 0 aliphatic heterocycles. The quantitative estimate of drug-likeness (QED) is 0.0321. The van der Waals surface area contributed by atoms with Crippen LogP contribution in [0, 0.1) is 0 Å². The van der Waals surface area contributed by atoms with Crippen LogP contribution in [-0.2, 0) is 4.79 Å². The fourth-order valence-corrected chi connectivity index (χ4v) is 6.54. The molecule has 6 nitrogen and oxygen atoms in total. The number of aliphatic hydroxyl groups is 4. The molecule has 1 amide bonds. The largest absolute Gasteiger partial charge is 0.394 e. The maximum Gasteiger partial charge on any atom is 0.249 e. The molecule has 0 spiro atoms. The van der Waals surface area contributed by atoms with Gasteiger partial charge in [-0.25, -0.2) is 0 Å². The number of aliphatic hydroxyl groups excluding tert-OH is 4. The molecule has 0 aromatic heterocycles. The van der Waals surface area contributed by atoms with E-state index in [0.29, 0.717) is 19.3 Å². The van der Waals surface area contributed by atoms with Gasteiger partial charge in [-0.1, -0.05) is 179 Å². The molecule has 0 heterocycles. The summed E-state index contributed by atoms with van der Waals surface area (Å²) in [6.07, 6.45) is 46.3. The first kappa shape index (κ1) is 49.5. The lowest BCUT2D eigenvalue weighted by Crippen LogP contribution is -2.53. The van der Waals surface area contributed by atoms with Crippen LogP contribution in [0.1, 0.15) is 213 Å². The maximum absolute atomic E-state index is 12.5. The van der Waals surface area contributed by atoms with Crippen LogP contribution in [0.4, 0.5) is 0 Å². The lowest BCUT2D eigenvalue weighted by Gasteiger charge is -2.27. The van der Waals surface area contributed by atoms with Crippen molar-refractivity contribution in [3.8, 4) is 0 Å². The molecule has 0 aromatic rings. The zero-order valence-electron chi connectivity index (χ0n) is 33.6. The van der Waals surface area contributed by atoms with Crippen molar-refractivity contribution >= 4 is 5.91 Å². The third-order valence-corrected chi connectivity index (χ3v) is 10.0. The van der Waals surface area contributed by atoms with E-state index in [1.165, 1.54) is 135 Å². The van der Waals surface area contributed by atoms with Crippen molar-refractivity contribution in [2.45, 2.75) is 237 Å². The Morgan fingerprint density at radius 2 is 0.863 bits per heavy atom. The van der Waals surface area contributed by atoms with E-state index in [-0.39, 0.29) is 0 Å². The minimum absolute atomic E-state index is 0.357. The molecular weight excluding hydrogens is 634 g/mol. The average molecular weight is 720 g/mol. The molecule has 0 aliphatic rings. The van der Waals surface area contributed by atoms with Crippen molar-refractivity contribution in [2.24, 2.45) is 0 Å². The van der Waals surface area contributed by atoms with E-state index in [1.807, 2.05) is 0 Å². The van der Waals surface area contributed by atoms with Crippen LogP contribution in [-0.4, -0.2) is 57.3 Å². The predicted octanol–water partition coefficient (Wildman–Crippen LogP) is 11.3. The number of rotatable bonds is 39. The van der Waals surface area contributed by atoms with E-state index in [2.05, 4.69) is 55.6 Å². The summed E-state index contributed by atoms with van der Waals surface area (Å²) in [7, 11) is 0. The van der Waals surface area contributed by atoms with Crippen LogP contribution >= 0.6 is 0 Å². The number of carbonyl (C=O) groups is 1. The second-order valence-corrected chi connectivity index (χ2v) is 15.0. The lowest BCUT2D eigenvalue weighted by atomic mass is 10.00. The van der Waals surface area contributed by atoms with Gasteiger partial charge < -0.3 is 25.7 Å². The molecule has 0 saturated carbocycles. The molecule has 0 fully saturated rings. The van der Waals surface area contributed by atoms with E-state index in [9.17, 15) is 25.2 Å². The normalized spacial score (nSPS) is 14.5. The van der Waals surface area contributed by atoms with E-state index < -0.39 is 36.9 Å². The molecule has 5 N–H and O–H groups in total. The molecule has 0 saturated heterocycles. The fourth-order valence-electron chi connectivity index (χ4n) is 6.54. The second-order valence-electron chi connectivity index (χ2n) is 15.0. The molecule has 6 heteroatoms. The van der Waals surface area contributed by atoms with Gasteiger partial charge in [0.25, 0.3) is 0 Å². The van der Waals surface area contributed by atoms with Crippen LogP contribution in [0.5, 0.6) is 0 Å². The standard InChI is InChI=1S/C45H85NO5/c1-3-5-7-9-11-13-15-16-17-18-19-20-21-22-23-24-25-26-27-28-29-31-33-35-37-39-43(49)45(51)46-41(40-47)44(50)42(48)38-36-34-32-30-14-12-10-8-6-4-2/h8,10,22-23,30,32,41-44,47-50H,3-7,9,11-21,24-29,31,33-40H2,1-2H3,(H,46,51)/b10-8+,23-22-,32-30+. The maximum atomic E-state index is 12.5. The van der Waals surface area contributed by atoms with Crippen LogP contribution in [0.3, 0.4) is 0 Å². The molecule has 0 aliphatic carbocycles. The Balaban J connectivity index is 3.68. The predicted molar refractivity (Wildman–Crippen MR) is 219 cm³/mol. The first-order valence-electron chi connectivity index (χ1n) is 21.9. The van der Waals surface area contributed by atoms with E-state index >= 15 is 0 Å². The van der Waals surface area contributed by atoms with Crippen molar-refractivity contribution in [3.05, 3.63) is 36.5 Å². The van der Waals surface area contributed by atoms with Gasteiger partial charge in [0.15, 0.2) is 0 Å². The van der Waals surface area contributed by atoms with Crippen molar-refractivity contribution in [1.29, 1.82) is 0 Å². The summed E-state index contributed by atoms with van der Waals surface area (Å²) < 4.78 is 0. The Bertz CT molecular complexity index is 812. The Hall–Kier alpha value is -1.47. The smallest absolute Gasteiger partial charge is 0.249 e. The highest BCUT2D eigenvalue weighted by Crippen LogP contribution is 2.15. The van der Waals surface area contributed by atoms with Gasteiger partial charge in [-0.2, -0.15) is 0 Å². The average Bonchev–Trinajstić information content (AvgIpc) is 3.13. The molecule has 0 radical (unpaired) electrons. The molecule has 300 valence electrons. The van der Waals surface area contributed by atoms with Crippen molar-refractivity contribution < 1.29 is 25.2 Å². The van der Waals surface area contributed by atoms with Gasteiger partial charge in [-0.3, -0.25) is 4.79 Å². The summed E-state index contributed by atoms with van der Waals surface area (Å²) in [5.41, 5.74) is 0. The van der Waals surface area contributed by atoms with Crippen molar-refractivity contribution in [3.63, 3.8) is 0 Å². The SMILES string of the molecule is CCC/C=C/CC/C=C/CCCC(O)C(O)C(CO)NC(=O)C(O)CCCCCCCCCCC/C=C\CCCCCCCCCCCCCC. The van der Waals surface area contributed by atoms with Gasteiger partial charge in [0.2, 0.25) is 5.91 Å². The van der Waals surface area contributed by atoms with Gasteiger partial charge >= 0.3 is 0 Å². The zero-order chi connectivity index (χ0) is 37.5. The van der Waals surface area contributed by atoms with Crippen molar-refractivity contribution in [2.75, 3.05) is 6.61 Å². The van der Waals surface area contributed by atoms with E-state index in [4.69, 9.17) is 0 Å². The number of hydrogen-bond acceptors (Lipinski definition) is 5. The van der Waals surface area contributed by atoms with Gasteiger partial charge in [-0.15, -0.1) is 0 Å². The Morgan fingerprint density at radius 3 is 1.31 bits per heavy atom. The van der Waals surface area contributed by atoms with Gasteiger partial charge in [0, 0.05) is 0 Å². The first-order chi connectivity index (χ1) is 25.0. The van der Waals surface area contributed by atoms with Crippen LogP contribution in [0.15, 0.2) is 36.5 Å². The lowest BCUT2D eigenvalue weighted by molar-refractivity contribution is -0.132. The van der Waals surface area contributed by atoms with Crippen molar-refractivity contribution in [1.82, 2.24) is 5.32 Å². The van der Waals surface area contributed by atoms with Gasteiger partial charge in [0.1, 0.15) is 12.2 Å². The summed E-state index contributed by atoms with van der Waals surface area (Å²) >= 11 is 0. The molecule has 0 rings (SSSR count). The number of unbranched alkanes of at least 4 members (excludes halogenated alkanes) is 24. The summed E-state index contributed by atoms with van der Waals surface area (Å²) in [4.78, 5) is 12.5. The fraction of sp³-hybridized carbons (Fsp3) is 0.844. The molecule has 4 atom stereocenters. The summed E-state index contributed by atoms with van der Waals surface area (Å²) in [5, 5.41) is 43.4. The third-order valence-electron chi connectivity index (χ3n) is 10.0.